The Bertz CT molecular complexity index is 592. The molecule has 3 heterocycles. The first-order valence-electron chi connectivity index (χ1n) is 10.3. The summed E-state index contributed by atoms with van der Waals surface area (Å²) < 4.78 is 0. The summed E-state index contributed by atoms with van der Waals surface area (Å²) in [4.78, 5) is 43.8. The van der Waals surface area contributed by atoms with Crippen LogP contribution in [0.1, 0.15) is 52.9 Å². The molecule has 2 atom stereocenters. The van der Waals surface area contributed by atoms with Crippen molar-refractivity contribution in [3.05, 3.63) is 0 Å². The van der Waals surface area contributed by atoms with Crippen molar-refractivity contribution < 1.29 is 14.4 Å². The number of carbonyl (C=O) groups excluding carboxylic acids is 3. The third kappa shape index (κ3) is 5.38. The number of nitrogens with zero attached hydrogens (tertiary/aromatic N) is 3. The molecule has 0 saturated carbocycles. The highest BCUT2D eigenvalue weighted by molar-refractivity contribution is 5.88. The summed E-state index contributed by atoms with van der Waals surface area (Å²) in [6, 6.07) is -0.213. The molecule has 0 radical (unpaired) electrons. The zero-order valence-corrected chi connectivity index (χ0v) is 18.2. The molecule has 0 aromatic carbocycles. The van der Waals surface area contributed by atoms with Crippen LogP contribution in [-0.2, 0) is 14.4 Å². The van der Waals surface area contributed by atoms with Crippen LogP contribution in [0.3, 0.4) is 0 Å². The quantitative estimate of drug-likeness (QED) is 0.754. The number of carbonyl (C=O) groups is 3. The van der Waals surface area contributed by atoms with Crippen molar-refractivity contribution in [1.82, 2.24) is 20.0 Å². The second-order valence-electron chi connectivity index (χ2n) is 9.33. The van der Waals surface area contributed by atoms with Crippen molar-refractivity contribution in [2.75, 3.05) is 39.3 Å². The van der Waals surface area contributed by atoms with Crippen LogP contribution < -0.4 is 5.32 Å². The number of amides is 3. The number of halogens is 1. The lowest BCUT2D eigenvalue weighted by Crippen LogP contribution is -2.59. The van der Waals surface area contributed by atoms with E-state index in [0.29, 0.717) is 32.6 Å². The van der Waals surface area contributed by atoms with Gasteiger partial charge in [-0.05, 0) is 31.1 Å². The van der Waals surface area contributed by atoms with Crippen LogP contribution in [0.4, 0.5) is 0 Å². The van der Waals surface area contributed by atoms with E-state index >= 15 is 0 Å². The van der Waals surface area contributed by atoms with Crippen LogP contribution in [-0.4, -0.2) is 83.8 Å². The van der Waals surface area contributed by atoms with Gasteiger partial charge in [-0.1, -0.05) is 20.8 Å². The van der Waals surface area contributed by atoms with E-state index in [-0.39, 0.29) is 47.6 Å². The van der Waals surface area contributed by atoms with Gasteiger partial charge in [0.05, 0.1) is 6.54 Å². The van der Waals surface area contributed by atoms with Crippen LogP contribution in [0.25, 0.3) is 0 Å². The van der Waals surface area contributed by atoms with Crippen molar-refractivity contribution in [2.45, 2.75) is 65.0 Å². The molecule has 0 aromatic rings. The minimum Gasteiger partial charge on any atom is -0.339 e. The summed E-state index contributed by atoms with van der Waals surface area (Å²) in [5, 5.41) is 3.10. The number of piperazine rings is 1. The van der Waals surface area contributed by atoms with E-state index in [0.717, 1.165) is 38.8 Å². The van der Waals surface area contributed by atoms with E-state index in [1.54, 1.807) is 4.90 Å². The first-order valence-corrected chi connectivity index (χ1v) is 10.3. The smallest absolute Gasteiger partial charge is 0.245 e. The number of nitrogens with one attached hydrogen (secondary N) is 1. The molecular weight excluding hydrogens is 380 g/mol. The van der Waals surface area contributed by atoms with Crippen molar-refractivity contribution in [3.8, 4) is 0 Å². The minimum atomic E-state index is -0.322. The zero-order chi connectivity index (χ0) is 19.6. The first-order chi connectivity index (χ1) is 12.8. The highest BCUT2D eigenvalue weighted by Gasteiger charge is 2.39. The molecule has 0 aromatic heterocycles. The Labute approximate surface area is 174 Å². The molecule has 8 heteroatoms. The standard InChI is InChI=1S/C20H34N4O3.ClH/c1-20(2,3)12-17(25)24-10-5-7-16(24)19(27)22-9-4-6-15(14-22)23-11-8-21-13-18(23)26;/h15-16,21H,4-14H2,1-3H3;1H. The fraction of sp³-hybridized carbons (Fsp3) is 0.850. The van der Waals surface area contributed by atoms with Gasteiger partial charge < -0.3 is 20.0 Å². The van der Waals surface area contributed by atoms with Crippen LogP contribution >= 0.6 is 12.4 Å². The first kappa shape index (κ1) is 22.9. The zero-order valence-electron chi connectivity index (χ0n) is 17.4. The lowest BCUT2D eigenvalue weighted by atomic mass is 9.91. The summed E-state index contributed by atoms with van der Waals surface area (Å²) in [5.41, 5.74) is -0.0772. The van der Waals surface area contributed by atoms with E-state index in [1.807, 2.05) is 9.80 Å². The largest absolute Gasteiger partial charge is 0.339 e. The predicted molar refractivity (Wildman–Crippen MR) is 110 cm³/mol. The van der Waals surface area contributed by atoms with Gasteiger partial charge in [0.2, 0.25) is 17.7 Å². The lowest BCUT2D eigenvalue weighted by Gasteiger charge is -2.42. The van der Waals surface area contributed by atoms with Gasteiger partial charge in [0, 0.05) is 45.2 Å². The summed E-state index contributed by atoms with van der Waals surface area (Å²) in [6.45, 7) is 10.1. The van der Waals surface area contributed by atoms with Crippen LogP contribution in [0, 0.1) is 5.41 Å². The van der Waals surface area contributed by atoms with E-state index < -0.39 is 0 Å². The number of hydrogen-bond acceptors (Lipinski definition) is 4. The van der Waals surface area contributed by atoms with Gasteiger partial charge in [0.1, 0.15) is 6.04 Å². The molecule has 3 amide bonds. The average molecular weight is 415 g/mol. The molecule has 3 saturated heterocycles. The van der Waals surface area contributed by atoms with Crippen molar-refractivity contribution in [3.63, 3.8) is 0 Å². The highest BCUT2D eigenvalue weighted by atomic mass is 35.5. The van der Waals surface area contributed by atoms with Gasteiger partial charge in [0.15, 0.2) is 0 Å². The summed E-state index contributed by atoms with van der Waals surface area (Å²) in [7, 11) is 0. The Hall–Kier alpha value is -1.34. The molecular formula is C20H35ClN4O3. The predicted octanol–water partition coefficient (Wildman–Crippen LogP) is 1.26. The van der Waals surface area contributed by atoms with Gasteiger partial charge in [0.25, 0.3) is 0 Å². The van der Waals surface area contributed by atoms with Gasteiger partial charge >= 0.3 is 0 Å². The fourth-order valence-corrected chi connectivity index (χ4v) is 4.50. The molecule has 160 valence electrons. The molecule has 2 unspecified atom stereocenters. The third-order valence-electron chi connectivity index (χ3n) is 5.81. The molecule has 3 fully saturated rings. The maximum Gasteiger partial charge on any atom is 0.245 e. The van der Waals surface area contributed by atoms with Gasteiger partial charge in [-0.2, -0.15) is 0 Å². The van der Waals surface area contributed by atoms with Gasteiger partial charge in [-0.25, -0.2) is 0 Å². The van der Waals surface area contributed by atoms with Gasteiger partial charge in [-0.3, -0.25) is 14.4 Å². The Morgan fingerprint density at radius 2 is 1.82 bits per heavy atom. The maximum absolute atomic E-state index is 13.2. The summed E-state index contributed by atoms with van der Waals surface area (Å²) in [6.07, 6.45) is 3.97. The van der Waals surface area contributed by atoms with Crippen LogP contribution in [0.2, 0.25) is 0 Å². The molecule has 0 bridgehead atoms. The Morgan fingerprint density at radius 3 is 2.50 bits per heavy atom. The average Bonchev–Trinajstić information content (AvgIpc) is 3.10. The van der Waals surface area contributed by atoms with Crippen molar-refractivity contribution >= 4 is 30.1 Å². The molecule has 3 aliphatic heterocycles. The van der Waals surface area contributed by atoms with E-state index in [9.17, 15) is 14.4 Å². The molecule has 28 heavy (non-hydrogen) atoms. The number of rotatable bonds is 3. The monoisotopic (exact) mass is 414 g/mol. The van der Waals surface area contributed by atoms with Crippen molar-refractivity contribution in [2.24, 2.45) is 5.41 Å². The molecule has 7 nitrogen and oxygen atoms in total. The topological polar surface area (TPSA) is 73.0 Å². The Balaban J connectivity index is 0.00000280. The van der Waals surface area contributed by atoms with E-state index in [1.165, 1.54) is 0 Å². The van der Waals surface area contributed by atoms with Crippen molar-refractivity contribution in [1.29, 1.82) is 0 Å². The fourth-order valence-electron chi connectivity index (χ4n) is 4.50. The minimum absolute atomic E-state index is 0. The number of piperidine rings is 1. The third-order valence-corrected chi connectivity index (χ3v) is 5.81. The normalized spacial score (nSPS) is 26.2. The maximum atomic E-state index is 13.2. The summed E-state index contributed by atoms with van der Waals surface area (Å²) in [5.74, 6) is 0.287. The number of hydrogen-bond donors (Lipinski definition) is 1. The molecule has 3 rings (SSSR count). The Morgan fingerprint density at radius 1 is 1.11 bits per heavy atom. The van der Waals surface area contributed by atoms with Gasteiger partial charge in [-0.15, -0.1) is 12.4 Å². The van der Waals surface area contributed by atoms with E-state index in [2.05, 4.69) is 26.1 Å². The van der Waals surface area contributed by atoms with Crippen LogP contribution in [0.5, 0.6) is 0 Å². The second-order valence-corrected chi connectivity index (χ2v) is 9.33. The molecule has 3 aliphatic rings. The highest BCUT2D eigenvalue weighted by Crippen LogP contribution is 2.27. The second kappa shape index (κ2) is 9.44. The molecule has 0 spiro atoms. The molecule has 0 aliphatic carbocycles. The SMILES string of the molecule is CC(C)(C)CC(=O)N1CCCC1C(=O)N1CCCC(N2CCNCC2=O)C1.Cl. The Kier molecular flexibility index (Phi) is 7.73. The number of likely N-dealkylation sites (tertiary alicyclic amines) is 2. The molecule has 1 N–H and O–H groups in total. The lowest BCUT2D eigenvalue weighted by molar-refractivity contribution is -0.147. The van der Waals surface area contributed by atoms with E-state index in [4.69, 9.17) is 0 Å². The summed E-state index contributed by atoms with van der Waals surface area (Å²) >= 11 is 0. The van der Waals surface area contributed by atoms with Crippen LogP contribution in [0.15, 0.2) is 0 Å².